The van der Waals surface area contributed by atoms with Crippen molar-refractivity contribution in [1.29, 1.82) is 0 Å². The van der Waals surface area contributed by atoms with Gasteiger partial charge in [0.1, 0.15) is 23.3 Å². The van der Waals surface area contributed by atoms with Gasteiger partial charge in [-0.2, -0.15) is 11.8 Å². The molecule has 396 valence electrons. The number of allylic oxidation sites excluding steroid dienone is 1. The van der Waals surface area contributed by atoms with Gasteiger partial charge in [-0.25, -0.2) is 31.3 Å². The summed E-state index contributed by atoms with van der Waals surface area (Å²) in [6.07, 6.45) is 7.17. The average Bonchev–Trinajstić information content (AvgIpc) is 4.18. The van der Waals surface area contributed by atoms with Crippen LogP contribution in [0.2, 0.25) is 0 Å². The zero-order valence-corrected chi connectivity index (χ0v) is 42.9. The number of carbonyl (C=O) groups excluding carboxylic acids is 3. The first-order chi connectivity index (χ1) is 34.4. The lowest BCUT2D eigenvalue weighted by Gasteiger charge is -2.18. The number of rotatable bonds is 33. The van der Waals surface area contributed by atoms with E-state index >= 15 is 0 Å². The summed E-state index contributed by atoms with van der Waals surface area (Å²) < 4.78 is 72.0. The predicted octanol–water partition coefficient (Wildman–Crippen LogP) is 2.56. The smallest absolute Gasteiger partial charge is 0.315 e. The molecule has 2 aromatic carbocycles. The molecular formula is C46H66ClFN12O10S2. The van der Waals surface area contributed by atoms with Gasteiger partial charge in [-0.1, -0.05) is 41.1 Å². The van der Waals surface area contributed by atoms with E-state index in [0.717, 1.165) is 40.6 Å². The van der Waals surface area contributed by atoms with E-state index in [1.165, 1.54) is 37.0 Å². The second-order valence-corrected chi connectivity index (χ2v) is 20.2. The Morgan fingerprint density at radius 1 is 0.889 bits per heavy atom. The molecule has 2 aliphatic rings. The van der Waals surface area contributed by atoms with Crippen LogP contribution in [0.1, 0.15) is 60.7 Å². The number of nitrogens with one attached hydrogen (secondary N) is 4. The van der Waals surface area contributed by atoms with Crippen LogP contribution in [0, 0.1) is 0 Å². The quantitative estimate of drug-likeness (QED) is 0.0339. The standard InChI is InChI=1S/C46H65FN12O10S2.ClH/c1-57(2)71(63,64)38-13-9-34(10-14-38)45(39-30-58(55-54-39)28-35(47)15-17-48)69-31-33-7-11-37(12-8-33)59-29-36(53-56-59)27-50-43(61)16-19-65-21-23-67-25-26-68-24-22-66-20-18-49-42(60)6-4-3-5-41-44-40(32-70-41)51-46(62)52-44;/h7-15,29-30,40-41,44-45H,3-6,16-28,31-32,48H2,1-2H3,(H,49,60)(H,50,61)(H2,51,52,62);1H/b35-15-;/t40-,41-,44-,45?;/m0./s1. The van der Waals surface area contributed by atoms with Crippen molar-refractivity contribution in [2.75, 3.05) is 85.8 Å². The van der Waals surface area contributed by atoms with Crippen molar-refractivity contribution in [3.05, 3.63) is 95.3 Å². The summed E-state index contributed by atoms with van der Waals surface area (Å²) in [7, 11) is -0.738. The minimum Gasteiger partial charge on any atom is -0.379 e. The van der Waals surface area contributed by atoms with Gasteiger partial charge in [-0.05, 0) is 54.3 Å². The van der Waals surface area contributed by atoms with Crippen LogP contribution in [0.25, 0.3) is 5.69 Å². The SMILES string of the molecule is CN(C)S(=O)(=O)c1ccc(C(OCc2ccc(-n3cc(CNC(=O)CCOCCOCCOCCOCCNC(=O)CCCC[C@@H]4SC[C@@H]5NC(=O)N[C@@H]54)nn3)cc2)c2cn(C/C(F)=C/CN)nn2)cc1.Cl. The predicted molar refractivity (Wildman–Crippen MR) is 268 cm³/mol. The van der Waals surface area contributed by atoms with Gasteiger partial charge in [-0.3, -0.25) is 9.59 Å². The van der Waals surface area contributed by atoms with Crippen molar-refractivity contribution in [1.82, 2.24) is 55.6 Å². The molecule has 6 rings (SSSR count). The van der Waals surface area contributed by atoms with E-state index in [4.69, 9.17) is 29.4 Å². The van der Waals surface area contributed by atoms with Crippen LogP contribution >= 0.6 is 24.2 Å². The number of hydrogen-bond acceptors (Lipinski definition) is 16. The third-order valence-electron chi connectivity index (χ3n) is 11.3. The largest absolute Gasteiger partial charge is 0.379 e. The molecule has 0 radical (unpaired) electrons. The van der Waals surface area contributed by atoms with Gasteiger partial charge >= 0.3 is 6.03 Å². The van der Waals surface area contributed by atoms with Crippen molar-refractivity contribution in [3.8, 4) is 5.69 Å². The lowest BCUT2D eigenvalue weighted by molar-refractivity contribution is -0.122. The van der Waals surface area contributed by atoms with Gasteiger partial charge in [0.2, 0.25) is 21.8 Å². The molecule has 2 saturated heterocycles. The molecule has 2 fully saturated rings. The zero-order valence-electron chi connectivity index (χ0n) is 40.5. The van der Waals surface area contributed by atoms with Gasteiger partial charge in [0.15, 0.2) is 0 Å². The molecule has 72 heavy (non-hydrogen) atoms. The molecule has 4 heterocycles. The molecule has 0 saturated carbocycles. The number of nitrogens with zero attached hydrogens (tertiary/aromatic N) is 7. The number of benzene rings is 2. The molecule has 4 amide bonds. The number of fused-ring (bicyclic) bond motifs is 1. The zero-order chi connectivity index (χ0) is 50.4. The lowest BCUT2D eigenvalue weighted by Crippen LogP contribution is -2.36. The number of ether oxygens (including phenoxy) is 5. The third-order valence-corrected chi connectivity index (χ3v) is 14.6. The van der Waals surface area contributed by atoms with Crippen molar-refractivity contribution in [2.45, 2.75) is 80.1 Å². The van der Waals surface area contributed by atoms with Crippen molar-refractivity contribution < 1.29 is 50.9 Å². The molecule has 4 atom stereocenters. The highest BCUT2D eigenvalue weighted by Gasteiger charge is 2.42. The van der Waals surface area contributed by atoms with E-state index in [9.17, 15) is 27.2 Å². The van der Waals surface area contributed by atoms with E-state index < -0.39 is 22.0 Å². The Kier molecular flexibility index (Phi) is 24.2. The summed E-state index contributed by atoms with van der Waals surface area (Å²) in [5, 5.41) is 28.7. The van der Waals surface area contributed by atoms with E-state index in [2.05, 4.69) is 41.9 Å². The molecule has 26 heteroatoms. The Morgan fingerprint density at radius 2 is 1.57 bits per heavy atom. The van der Waals surface area contributed by atoms with E-state index in [0.29, 0.717) is 81.4 Å². The Bertz CT molecular complexity index is 2430. The fourth-order valence-electron chi connectivity index (χ4n) is 7.50. The second-order valence-electron chi connectivity index (χ2n) is 16.8. The number of thioether (sulfide) groups is 1. The van der Waals surface area contributed by atoms with Crippen LogP contribution < -0.4 is 27.0 Å². The van der Waals surface area contributed by atoms with Crippen LogP contribution in [-0.2, 0) is 63.0 Å². The first kappa shape index (κ1) is 57.8. The molecule has 4 aromatic rings. The normalized spacial score (nSPS) is 17.0. The molecule has 22 nitrogen and oxygen atoms in total. The van der Waals surface area contributed by atoms with E-state index in [1.54, 1.807) is 29.2 Å². The maximum atomic E-state index is 14.2. The number of halogens is 2. The van der Waals surface area contributed by atoms with Crippen LogP contribution in [0.3, 0.4) is 0 Å². The summed E-state index contributed by atoms with van der Waals surface area (Å²) in [5.74, 6) is 0.294. The average molecular weight is 1070 g/mol. The minimum atomic E-state index is -3.65. The fraction of sp³-hybridized carbons (Fsp3) is 0.543. The first-order valence-electron chi connectivity index (χ1n) is 23.5. The lowest BCUT2D eigenvalue weighted by atomic mass is 10.0. The Hall–Kier alpha value is -5.09. The number of aromatic nitrogens is 6. The van der Waals surface area contributed by atoms with Crippen molar-refractivity contribution in [3.63, 3.8) is 0 Å². The van der Waals surface area contributed by atoms with E-state index in [-0.39, 0.29) is 86.5 Å². The Labute approximate surface area is 429 Å². The molecule has 0 bridgehead atoms. The third kappa shape index (κ3) is 18.4. The highest BCUT2D eigenvalue weighted by molar-refractivity contribution is 8.00. The summed E-state index contributed by atoms with van der Waals surface area (Å²) >= 11 is 1.89. The fourth-order valence-corrected chi connectivity index (χ4v) is 9.94. The Balaban J connectivity index is 0.00000963. The maximum absolute atomic E-state index is 14.2. The number of amides is 4. The molecule has 1 unspecified atom stereocenters. The number of carbonyl (C=O) groups is 3. The molecule has 6 N–H and O–H groups in total. The topological polar surface area (TPSA) is 270 Å². The van der Waals surface area contributed by atoms with Crippen molar-refractivity contribution in [2.24, 2.45) is 5.73 Å². The summed E-state index contributed by atoms with van der Waals surface area (Å²) in [6.45, 7) is 3.60. The first-order valence-corrected chi connectivity index (χ1v) is 26.0. The number of unbranched alkanes of at least 4 members (excludes halogenated alkanes) is 1. The minimum absolute atomic E-state index is 0. The highest BCUT2D eigenvalue weighted by Crippen LogP contribution is 2.33. The number of hydrogen-bond donors (Lipinski definition) is 5. The van der Waals surface area contributed by atoms with Crippen molar-refractivity contribution >= 4 is 52.0 Å². The molecule has 2 aliphatic heterocycles. The van der Waals surface area contributed by atoms with Crippen LogP contribution in [0.4, 0.5) is 9.18 Å². The number of sulfonamides is 1. The Morgan fingerprint density at radius 3 is 2.26 bits per heavy atom. The maximum Gasteiger partial charge on any atom is 0.315 e. The molecule has 0 aliphatic carbocycles. The van der Waals surface area contributed by atoms with Crippen LogP contribution in [0.5, 0.6) is 0 Å². The van der Waals surface area contributed by atoms with Crippen LogP contribution in [-0.4, -0.2) is 164 Å². The van der Waals surface area contributed by atoms with Gasteiger partial charge in [0, 0.05) is 51.0 Å². The number of nitrogens with two attached hydrogens (primary N) is 1. The van der Waals surface area contributed by atoms with Gasteiger partial charge < -0.3 is 50.7 Å². The van der Waals surface area contributed by atoms with Crippen LogP contribution in [0.15, 0.2) is 77.7 Å². The molecule has 0 spiro atoms. The van der Waals surface area contributed by atoms with Gasteiger partial charge in [0.25, 0.3) is 0 Å². The number of urea groups is 1. The molecule has 2 aromatic heterocycles. The molecular weight excluding hydrogens is 999 g/mol. The summed E-state index contributed by atoms with van der Waals surface area (Å²) in [4.78, 5) is 36.2. The van der Waals surface area contributed by atoms with E-state index in [1.807, 2.05) is 36.0 Å². The second kappa shape index (κ2) is 30.2. The summed E-state index contributed by atoms with van der Waals surface area (Å²) in [5.41, 5.74) is 8.56. The summed E-state index contributed by atoms with van der Waals surface area (Å²) in [6, 6.07) is 14.0. The van der Waals surface area contributed by atoms with Gasteiger partial charge in [-0.15, -0.1) is 22.6 Å². The monoisotopic (exact) mass is 1060 g/mol. The van der Waals surface area contributed by atoms with Gasteiger partial charge in [0.05, 0.1) is 108 Å². The highest BCUT2D eigenvalue weighted by atomic mass is 35.5.